The van der Waals surface area contributed by atoms with Crippen LogP contribution in [0.1, 0.15) is 5.56 Å². The number of hydrogen-bond acceptors (Lipinski definition) is 3. The molecule has 0 aliphatic heterocycles. The molecule has 0 fully saturated rings. The molecular formula is C15H19N3. The van der Waals surface area contributed by atoms with Crippen LogP contribution in [-0.2, 0) is 6.54 Å². The van der Waals surface area contributed by atoms with Gasteiger partial charge in [-0.05, 0) is 35.9 Å². The van der Waals surface area contributed by atoms with E-state index in [9.17, 15) is 0 Å². The van der Waals surface area contributed by atoms with Crippen molar-refractivity contribution in [3.05, 3.63) is 54.4 Å². The van der Waals surface area contributed by atoms with Crippen molar-refractivity contribution in [1.82, 2.24) is 4.98 Å². The molecule has 18 heavy (non-hydrogen) atoms. The van der Waals surface area contributed by atoms with Gasteiger partial charge in [0.15, 0.2) is 0 Å². The summed E-state index contributed by atoms with van der Waals surface area (Å²) in [5, 5.41) is 0. The number of pyridine rings is 1. The molecule has 0 amide bonds. The van der Waals surface area contributed by atoms with Crippen molar-refractivity contribution < 1.29 is 0 Å². The predicted octanol–water partition coefficient (Wildman–Crippen LogP) is 2.78. The molecule has 0 unspecified atom stereocenters. The van der Waals surface area contributed by atoms with E-state index in [1.54, 1.807) is 6.20 Å². The molecule has 0 saturated carbocycles. The molecule has 94 valence electrons. The summed E-state index contributed by atoms with van der Waals surface area (Å²) in [6, 6.07) is 12.6. The summed E-state index contributed by atoms with van der Waals surface area (Å²) in [5.74, 6) is 0. The third-order valence-corrected chi connectivity index (χ3v) is 2.95. The number of anilines is 2. The van der Waals surface area contributed by atoms with Crippen LogP contribution in [0.15, 0.2) is 48.8 Å². The van der Waals surface area contributed by atoms with E-state index in [0.29, 0.717) is 0 Å². The van der Waals surface area contributed by atoms with Gasteiger partial charge in [0.25, 0.3) is 0 Å². The lowest BCUT2D eigenvalue weighted by Crippen LogP contribution is -2.16. The number of aromatic nitrogens is 1. The van der Waals surface area contributed by atoms with Gasteiger partial charge >= 0.3 is 0 Å². The van der Waals surface area contributed by atoms with Gasteiger partial charge in [-0.15, -0.1) is 0 Å². The second kappa shape index (κ2) is 5.54. The Balaban J connectivity index is 2.07. The van der Waals surface area contributed by atoms with Crippen molar-refractivity contribution in [2.45, 2.75) is 6.54 Å². The van der Waals surface area contributed by atoms with Crippen molar-refractivity contribution >= 4 is 11.4 Å². The molecule has 1 heterocycles. The minimum absolute atomic E-state index is 0.870. The fourth-order valence-corrected chi connectivity index (χ4v) is 1.86. The van der Waals surface area contributed by atoms with Gasteiger partial charge in [-0.2, -0.15) is 0 Å². The van der Waals surface area contributed by atoms with Crippen LogP contribution in [0.25, 0.3) is 0 Å². The number of rotatable bonds is 4. The van der Waals surface area contributed by atoms with Crippen LogP contribution in [0.3, 0.4) is 0 Å². The average Bonchev–Trinajstić information content (AvgIpc) is 2.40. The largest absolute Gasteiger partial charge is 0.378 e. The highest BCUT2D eigenvalue weighted by molar-refractivity contribution is 5.55. The van der Waals surface area contributed by atoms with Gasteiger partial charge in [-0.25, -0.2) is 0 Å². The molecular weight excluding hydrogens is 222 g/mol. The number of benzene rings is 1. The van der Waals surface area contributed by atoms with E-state index < -0.39 is 0 Å². The third kappa shape index (κ3) is 3.00. The maximum absolute atomic E-state index is 4.14. The summed E-state index contributed by atoms with van der Waals surface area (Å²) >= 11 is 0. The second-order valence-corrected chi connectivity index (χ2v) is 4.63. The summed E-state index contributed by atoms with van der Waals surface area (Å²) in [7, 11) is 6.19. The molecule has 0 atom stereocenters. The van der Waals surface area contributed by atoms with Crippen LogP contribution in [0, 0.1) is 0 Å². The molecule has 2 aromatic rings. The lowest BCUT2D eigenvalue weighted by molar-refractivity contribution is 0.915. The molecule has 0 aliphatic carbocycles. The van der Waals surface area contributed by atoms with Crippen molar-refractivity contribution in [2.75, 3.05) is 30.9 Å². The smallest absolute Gasteiger partial charge is 0.0441 e. The molecule has 0 aliphatic rings. The standard InChI is InChI=1S/C15H19N3/c1-17(2)14-6-8-15(9-7-14)18(3)12-13-5-4-10-16-11-13/h4-11H,12H2,1-3H3. The minimum atomic E-state index is 0.870. The van der Waals surface area contributed by atoms with E-state index in [4.69, 9.17) is 0 Å². The van der Waals surface area contributed by atoms with Crippen LogP contribution in [0.5, 0.6) is 0 Å². The van der Waals surface area contributed by atoms with E-state index >= 15 is 0 Å². The van der Waals surface area contributed by atoms with E-state index in [0.717, 1.165) is 6.54 Å². The molecule has 2 rings (SSSR count). The number of nitrogens with zero attached hydrogens (tertiary/aromatic N) is 3. The Morgan fingerprint density at radius 2 is 1.61 bits per heavy atom. The third-order valence-electron chi connectivity index (χ3n) is 2.95. The van der Waals surface area contributed by atoms with Crippen molar-refractivity contribution in [2.24, 2.45) is 0 Å². The van der Waals surface area contributed by atoms with Gasteiger partial charge in [0.05, 0.1) is 0 Å². The van der Waals surface area contributed by atoms with Gasteiger partial charge in [0, 0.05) is 51.5 Å². The number of hydrogen-bond donors (Lipinski definition) is 0. The Hall–Kier alpha value is -2.03. The van der Waals surface area contributed by atoms with Crippen molar-refractivity contribution in [3.63, 3.8) is 0 Å². The highest BCUT2D eigenvalue weighted by atomic mass is 15.1. The quantitative estimate of drug-likeness (QED) is 0.820. The van der Waals surface area contributed by atoms with Gasteiger partial charge in [0.2, 0.25) is 0 Å². The fraction of sp³-hybridized carbons (Fsp3) is 0.267. The Morgan fingerprint density at radius 1 is 0.944 bits per heavy atom. The molecule has 3 nitrogen and oxygen atoms in total. The fourth-order valence-electron chi connectivity index (χ4n) is 1.86. The van der Waals surface area contributed by atoms with Crippen LogP contribution < -0.4 is 9.80 Å². The van der Waals surface area contributed by atoms with Gasteiger partial charge < -0.3 is 9.80 Å². The van der Waals surface area contributed by atoms with Gasteiger partial charge in [-0.1, -0.05) is 6.07 Å². The zero-order valence-corrected chi connectivity index (χ0v) is 11.2. The Bertz CT molecular complexity index is 477. The molecule has 0 spiro atoms. The first-order chi connectivity index (χ1) is 8.66. The predicted molar refractivity (Wildman–Crippen MR) is 77.1 cm³/mol. The zero-order chi connectivity index (χ0) is 13.0. The Labute approximate surface area is 109 Å². The molecule has 0 bridgehead atoms. The Kier molecular flexibility index (Phi) is 3.82. The normalized spacial score (nSPS) is 10.2. The minimum Gasteiger partial charge on any atom is -0.378 e. The first-order valence-electron chi connectivity index (χ1n) is 6.04. The van der Waals surface area contributed by atoms with Gasteiger partial charge in [0.1, 0.15) is 0 Å². The monoisotopic (exact) mass is 241 g/mol. The first kappa shape index (κ1) is 12.4. The summed E-state index contributed by atoms with van der Waals surface area (Å²) in [4.78, 5) is 8.46. The van der Waals surface area contributed by atoms with Crippen molar-refractivity contribution in [1.29, 1.82) is 0 Å². The van der Waals surface area contributed by atoms with E-state index in [2.05, 4.69) is 52.2 Å². The SMILES string of the molecule is CN(C)c1ccc(N(C)Cc2cccnc2)cc1. The molecule has 0 radical (unpaired) electrons. The van der Waals surface area contributed by atoms with Crippen LogP contribution in [0.2, 0.25) is 0 Å². The molecule has 1 aromatic heterocycles. The van der Waals surface area contributed by atoms with Crippen LogP contribution in [0.4, 0.5) is 11.4 Å². The Morgan fingerprint density at radius 3 is 2.17 bits per heavy atom. The van der Waals surface area contributed by atoms with E-state index in [-0.39, 0.29) is 0 Å². The lowest BCUT2D eigenvalue weighted by atomic mass is 10.2. The summed E-state index contributed by atoms with van der Waals surface area (Å²) in [5.41, 5.74) is 3.65. The highest BCUT2D eigenvalue weighted by Gasteiger charge is 2.02. The maximum Gasteiger partial charge on any atom is 0.0441 e. The van der Waals surface area contributed by atoms with E-state index in [1.807, 2.05) is 26.4 Å². The summed E-state index contributed by atoms with van der Waals surface area (Å²) < 4.78 is 0. The average molecular weight is 241 g/mol. The molecule has 0 N–H and O–H groups in total. The lowest BCUT2D eigenvalue weighted by Gasteiger charge is -2.20. The molecule has 3 heteroatoms. The van der Waals surface area contributed by atoms with E-state index in [1.165, 1.54) is 16.9 Å². The molecule has 1 aromatic carbocycles. The van der Waals surface area contributed by atoms with Crippen LogP contribution in [-0.4, -0.2) is 26.1 Å². The second-order valence-electron chi connectivity index (χ2n) is 4.63. The van der Waals surface area contributed by atoms with Crippen molar-refractivity contribution in [3.8, 4) is 0 Å². The maximum atomic E-state index is 4.14. The zero-order valence-electron chi connectivity index (χ0n) is 11.2. The highest BCUT2D eigenvalue weighted by Crippen LogP contribution is 2.19. The van der Waals surface area contributed by atoms with Gasteiger partial charge in [-0.3, -0.25) is 4.98 Å². The topological polar surface area (TPSA) is 19.4 Å². The summed E-state index contributed by atoms with van der Waals surface area (Å²) in [6.45, 7) is 0.870. The molecule has 0 saturated heterocycles. The van der Waals surface area contributed by atoms with Crippen LogP contribution >= 0.6 is 0 Å². The first-order valence-corrected chi connectivity index (χ1v) is 6.04. The summed E-state index contributed by atoms with van der Waals surface area (Å²) in [6.07, 6.45) is 3.71.